The summed E-state index contributed by atoms with van der Waals surface area (Å²) in [5.74, 6) is -1.25. The fourth-order valence-electron chi connectivity index (χ4n) is 1.89. The molecule has 0 fully saturated rings. The molecule has 2 aromatic rings. The number of hydrogen-bond acceptors (Lipinski definition) is 4. The molecular weight excluding hydrogens is 272 g/mol. The van der Waals surface area contributed by atoms with Gasteiger partial charge in [0.05, 0.1) is 18.9 Å². The number of aromatic nitrogens is 1. The molecule has 21 heavy (non-hydrogen) atoms. The molecule has 6 heteroatoms. The van der Waals surface area contributed by atoms with Crippen LogP contribution in [0.5, 0.6) is 5.75 Å². The van der Waals surface area contributed by atoms with Crippen molar-refractivity contribution in [3.63, 3.8) is 0 Å². The van der Waals surface area contributed by atoms with Crippen molar-refractivity contribution in [1.29, 1.82) is 0 Å². The van der Waals surface area contributed by atoms with Crippen molar-refractivity contribution in [3.8, 4) is 5.75 Å². The first-order chi connectivity index (χ1) is 10.1. The van der Waals surface area contributed by atoms with E-state index in [0.29, 0.717) is 11.4 Å². The molecule has 0 saturated carbocycles. The van der Waals surface area contributed by atoms with Crippen LogP contribution in [0.1, 0.15) is 10.4 Å². The third-order valence-electron chi connectivity index (χ3n) is 2.84. The van der Waals surface area contributed by atoms with E-state index in [1.54, 1.807) is 30.3 Å². The Morgan fingerprint density at radius 3 is 2.57 bits per heavy atom. The topological polar surface area (TPSA) is 79.7 Å². The van der Waals surface area contributed by atoms with Gasteiger partial charge in [-0.15, -0.1) is 0 Å². The van der Waals surface area contributed by atoms with Gasteiger partial charge in [-0.1, -0.05) is 18.2 Å². The maximum atomic E-state index is 12.6. The van der Waals surface area contributed by atoms with Crippen LogP contribution in [0.2, 0.25) is 0 Å². The zero-order valence-corrected chi connectivity index (χ0v) is 11.4. The summed E-state index contributed by atoms with van der Waals surface area (Å²) in [5, 5.41) is 9.03. The number of para-hydroxylation sites is 1. The fraction of sp³-hybridized carbons (Fsp3) is 0.133. The number of rotatable bonds is 5. The third-order valence-corrected chi connectivity index (χ3v) is 2.84. The minimum absolute atomic E-state index is 0.262. The highest BCUT2D eigenvalue weighted by Gasteiger charge is 2.23. The molecule has 0 aliphatic rings. The monoisotopic (exact) mass is 286 g/mol. The standard InChI is InChI=1S/C15H14N2O4/c1-21-13-9-16-8-7-12(13)15(20)17(10-14(18)19)11-5-3-2-4-6-11/h2-9H,10H2,1H3,(H,18,19). The van der Waals surface area contributed by atoms with Gasteiger partial charge in [0.25, 0.3) is 5.91 Å². The van der Waals surface area contributed by atoms with Crippen LogP contribution in [-0.2, 0) is 4.79 Å². The number of aliphatic carboxylic acids is 1. The Kier molecular flexibility index (Phi) is 4.50. The molecule has 1 aromatic carbocycles. The van der Waals surface area contributed by atoms with Crippen LogP contribution >= 0.6 is 0 Å². The lowest BCUT2D eigenvalue weighted by Gasteiger charge is -2.21. The molecule has 1 N–H and O–H groups in total. The van der Waals surface area contributed by atoms with Gasteiger partial charge in [-0.05, 0) is 18.2 Å². The van der Waals surface area contributed by atoms with Gasteiger partial charge in [0.15, 0.2) is 0 Å². The van der Waals surface area contributed by atoms with Crippen LogP contribution in [0.3, 0.4) is 0 Å². The Labute approximate surface area is 121 Å². The maximum absolute atomic E-state index is 12.6. The van der Waals surface area contributed by atoms with Gasteiger partial charge < -0.3 is 9.84 Å². The number of pyridine rings is 1. The van der Waals surface area contributed by atoms with E-state index in [9.17, 15) is 9.59 Å². The maximum Gasteiger partial charge on any atom is 0.323 e. The van der Waals surface area contributed by atoms with Gasteiger partial charge >= 0.3 is 5.97 Å². The van der Waals surface area contributed by atoms with Crippen molar-refractivity contribution in [2.75, 3.05) is 18.6 Å². The molecule has 1 heterocycles. The van der Waals surface area contributed by atoms with Crippen LogP contribution in [0, 0.1) is 0 Å². The van der Waals surface area contributed by atoms with Gasteiger partial charge in [-0.25, -0.2) is 0 Å². The summed E-state index contributed by atoms with van der Waals surface area (Å²) in [6, 6.07) is 10.1. The van der Waals surface area contributed by atoms with E-state index in [-0.39, 0.29) is 5.56 Å². The van der Waals surface area contributed by atoms with Crippen LogP contribution in [0.15, 0.2) is 48.8 Å². The second-order valence-corrected chi connectivity index (χ2v) is 4.20. The number of methoxy groups -OCH3 is 1. The number of carboxylic acids is 1. The summed E-state index contributed by atoms with van der Waals surface area (Å²) in [7, 11) is 1.43. The minimum Gasteiger partial charge on any atom is -0.494 e. The second-order valence-electron chi connectivity index (χ2n) is 4.20. The van der Waals surface area contributed by atoms with E-state index >= 15 is 0 Å². The highest BCUT2D eigenvalue weighted by atomic mass is 16.5. The number of carbonyl (C=O) groups is 2. The molecule has 1 aromatic heterocycles. The molecular formula is C15H14N2O4. The summed E-state index contributed by atoms with van der Waals surface area (Å²) in [4.78, 5) is 28.7. The van der Waals surface area contributed by atoms with Gasteiger partial charge in [0, 0.05) is 11.9 Å². The normalized spacial score (nSPS) is 9.95. The number of carboxylic acid groups (broad SMARTS) is 1. The number of nitrogens with zero attached hydrogens (tertiary/aromatic N) is 2. The predicted molar refractivity (Wildman–Crippen MR) is 76.5 cm³/mol. The van der Waals surface area contributed by atoms with Gasteiger partial charge in [0.1, 0.15) is 12.3 Å². The number of ether oxygens (including phenoxy) is 1. The van der Waals surface area contributed by atoms with E-state index < -0.39 is 18.4 Å². The molecule has 2 rings (SSSR count). The molecule has 108 valence electrons. The highest BCUT2D eigenvalue weighted by Crippen LogP contribution is 2.22. The molecule has 6 nitrogen and oxygen atoms in total. The average Bonchev–Trinajstić information content (AvgIpc) is 2.52. The SMILES string of the molecule is COc1cnccc1C(=O)N(CC(=O)O)c1ccccc1. The van der Waals surface area contributed by atoms with Crippen molar-refractivity contribution in [2.24, 2.45) is 0 Å². The van der Waals surface area contributed by atoms with Crippen LogP contribution in [-0.4, -0.2) is 35.6 Å². The summed E-state index contributed by atoms with van der Waals surface area (Å²) in [6.07, 6.45) is 2.87. The predicted octanol–water partition coefficient (Wildman–Crippen LogP) is 1.82. The largest absolute Gasteiger partial charge is 0.494 e. The zero-order chi connectivity index (χ0) is 15.2. The fourth-order valence-corrected chi connectivity index (χ4v) is 1.89. The van der Waals surface area contributed by atoms with Gasteiger partial charge in [0.2, 0.25) is 0 Å². The van der Waals surface area contributed by atoms with E-state index in [4.69, 9.17) is 9.84 Å². The first kappa shape index (κ1) is 14.5. The Balaban J connectivity index is 2.41. The number of benzene rings is 1. The summed E-state index contributed by atoms with van der Waals surface area (Å²) in [6.45, 7) is -0.436. The first-order valence-corrected chi connectivity index (χ1v) is 6.20. The van der Waals surface area contributed by atoms with E-state index in [0.717, 1.165) is 0 Å². The Hall–Kier alpha value is -2.89. The van der Waals surface area contributed by atoms with Crippen molar-refractivity contribution in [3.05, 3.63) is 54.4 Å². The van der Waals surface area contributed by atoms with Crippen molar-refractivity contribution >= 4 is 17.6 Å². The number of amides is 1. The Morgan fingerprint density at radius 2 is 1.95 bits per heavy atom. The minimum atomic E-state index is -1.10. The molecule has 0 saturated heterocycles. The van der Waals surface area contributed by atoms with Crippen LogP contribution in [0.25, 0.3) is 0 Å². The number of anilines is 1. The summed E-state index contributed by atoms with van der Waals surface area (Å²) in [5.41, 5.74) is 0.765. The van der Waals surface area contributed by atoms with E-state index in [1.807, 2.05) is 0 Å². The number of carbonyl (C=O) groups excluding carboxylic acids is 1. The lowest BCUT2D eigenvalue weighted by Crippen LogP contribution is -2.35. The molecule has 0 radical (unpaired) electrons. The van der Waals surface area contributed by atoms with Crippen molar-refractivity contribution < 1.29 is 19.4 Å². The molecule has 0 spiro atoms. The first-order valence-electron chi connectivity index (χ1n) is 6.20. The second kappa shape index (κ2) is 6.51. The van der Waals surface area contributed by atoms with Crippen LogP contribution < -0.4 is 9.64 Å². The third kappa shape index (κ3) is 3.36. The van der Waals surface area contributed by atoms with Crippen molar-refractivity contribution in [1.82, 2.24) is 4.98 Å². The Bertz CT molecular complexity index is 643. The molecule has 0 aliphatic heterocycles. The van der Waals surface area contributed by atoms with Crippen LogP contribution in [0.4, 0.5) is 5.69 Å². The van der Waals surface area contributed by atoms with Gasteiger partial charge in [-0.3, -0.25) is 19.5 Å². The lowest BCUT2D eigenvalue weighted by molar-refractivity contribution is -0.135. The Morgan fingerprint density at radius 1 is 1.24 bits per heavy atom. The summed E-state index contributed by atoms with van der Waals surface area (Å²) < 4.78 is 5.10. The summed E-state index contributed by atoms with van der Waals surface area (Å²) >= 11 is 0. The highest BCUT2D eigenvalue weighted by molar-refractivity contribution is 6.09. The van der Waals surface area contributed by atoms with E-state index in [1.165, 1.54) is 30.5 Å². The smallest absolute Gasteiger partial charge is 0.323 e. The van der Waals surface area contributed by atoms with E-state index in [2.05, 4.69) is 4.98 Å². The zero-order valence-electron chi connectivity index (χ0n) is 11.4. The quantitative estimate of drug-likeness (QED) is 0.907. The molecule has 0 aliphatic carbocycles. The lowest BCUT2D eigenvalue weighted by atomic mass is 10.2. The van der Waals surface area contributed by atoms with Gasteiger partial charge in [-0.2, -0.15) is 0 Å². The average molecular weight is 286 g/mol. The molecule has 0 bridgehead atoms. The van der Waals surface area contributed by atoms with Crippen molar-refractivity contribution in [2.45, 2.75) is 0 Å². The molecule has 1 amide bonds. The molecule has 0 atom stereocenters. The number of hydrogen-bond donors (Lipinski definition) is 1. The molecule has 0 unspecified atom stereocenters.